The van der Waals surface area contributed by atoms with Gasteiger partial charge in [0.2, 0.25) is 5.91 Å². The molecule has 5 aromatic carbocycles. The van der Waals surface area contributed by atoms with Crippen LogP contribution < -0.4 is 20.9 Å². The van der Waals surface area contributed by atoms with Crippen LogP contribution in [-0.2, 0) is 9.59 Å². The molecular formula is C39H41ClN2O6. The van der Waals surface area contributed by atoms with Crippen LogP contribution in [0.1, 0.15) is 43.0 Å². The van der Waals surface area contributed by atoms with Crippen LogP contribution in [0.4, 0.5) is 5.69 Å². The highest BCUT2D eigenvalue weighted by Gasteiger charge is 2.24. The summed E-state index contributed by atoms with van der Waals surface area (Å²) in [5, 5.41) is 16.1. The second-order valence-corrected chi connectivity index (χ2v) is 11.8. The molecule has 1 amide bonds. The monoisotopic (exact) mass is 668 g/mol. The molecule has 0 spiro atoms. The van der Waals surface area contributed by atoms with Crippen LogP contribution in [0.25, 0.3) is 32.7 Å². The fraction of sp³-hybridized carbons (Fsp3) is 0.256. The number of fused-ring (bicyclic) bond motifs is 2. The van der Waals surface area contributed by atoms with Crippen molar-refractivity contribution < 1.29 is 29.0 Å². The van der Waals surface area contributed by atoms with E-state index >= 15 is 0 Å². The molecule has 0 aliphatic carbocycles. The van der Waals surface area contributed by atoms with Crippen LogP contribution in [0, 0.1) is 5.92 Å². The number of nitrogens with one attached hydrogen (secondary N) is 1. The molecule has 0 aliphatic rings. The normalized spacial score (nSPS) is 11.5. The average Bonchev–Trinajstić information content (AvgIpc) is 3.10. The van der Waals surface area contributed by atoms with Gasteiger partial charge in [-0.05, 0) is 65.1 Å². The number of hydrogen-bond donors (Lipinski definition) is 3. The number of anilines is 1. The minimum Gasteiger partial charge on any atom is -0.493 e. The summed E-state index contributed by atoms with van der Waals surface area (Å²) in [5.41, 5.74) is 2.43. The van der Waals surface area contributed by atoms with Gasteiger partial charge in [0.05, 0.1) is 6.61 Å². The number of ether oxygens (including phenoxy) is 2. The predicted molar refractivity (Wildman–Crippen MR) is 193 cm³/mol. The highest BCUT2D eigenvalue weighted by molar-refractivity contribution is 6.17. The van der Waals surface area contributed by atoms with Gasteiger partial charge in [-0.15, -0.1) is 11.6 Å². The fourth-order valence-electron chi connectivity index (χ4n) is 5.72. The summed E-state index contributed by atoms with van der Waals surface area (Å²) in [6.07, 6.45) is 1.77. The number of Topliss-reactive ketones (excluding diaryl/α,β-unsaturated/α-hetero) is 2. The van der Waals surface area contributed by atoms with Gasteiger partial charge in [0.25, 0.3) is 0 Å². The summed E-state index contributed by atoms with van der Waals surface area (Å²) in [7, 11) is 0. The lowest BCUT2D eigenvalue weighted by molar-refractivity contribution is -0.127. The van der Waals surface area contributed by atoms with Gasteiger partial charge in [-0.2, -0.15) is 0 Å². The van der Waals surface area contributed by atoms with Crippen molar-refractivity contribution in [3.63, 3.8) is 0 Å². The minimum atomic E-state index is -0.648. The highest BCUT2D eigenvalue weighted by atomic mass is 35.5. The van der Waals surface area contributed by atoms with E-state index in [4.69, 9.17) is 21.1 Å². The van der Waals surface area contributed by atoms with Crippen molar-refractivity contribution in [2.45, 2.75) is 32.6 Å². The summed E-state index contributed by atoms with van der Waals surface area (Å²) < 4.78 is 12.6. The lowest BCUT2D eigenvalue weighted by Gasteiger charge is -2.20. The Kier molecular flexibility index (Phi) is 13.1. The smallest absolute Gasteiger partial charge is 0.227 e. The molecule has 0 bridgehead atoms. The number of carbonyl (C=O) groups excluding carboxylic acids is 3. The molecular weight excluding hydrogens is 628 g/mol. The quantitative estimate of drug-likeness (QED) is 0.0709. The third kappa shape index (κ3) is 8.58. The molecule has 5 rings (SSSR count). The number of amides is 1. The number of aliphatic hydroxyl groups excluding tert-OH is 1. The van der Waals surface area contributed by atoms with Gasteiger partial charge in [-0.25, -0.2) is 0 Å². The van der Waals surface area contributed by atoms with E-state index < -0.39 is 18.3 Å². The number of aliphatic hydroxyl groups is 1. The maximum Gasteiger partial charge on any atom is 0.227 e. The van der Waals surface area contributed by atoms with E-state index in [0.29, 0.717) is 36.8 Å². The minimum absolute atomic E-state index is 0. The van der Waals surface area contributed by atoms with Gasteiger partial charge >= 0.3 is 0 Å². The molecule has 0 fully saturated rings. The lowest BCUT2D eigenvalue weighted by atomic mass is 9.92. The van der Waals surface area contributed by atoms with Crippen molar-refractivity contribution in [2.75, 3.05) is 31.0 Å². The van der Waals surface area contributed by atoms with Gasteiger partial charge < -0.3 is 26.0 Å². The van der Waals surface area contributed by atoms with Crippen LogP contribution in [0.5, 0.6) is 11.5 Å². The molecule has 250 valence electrons. The Balaban J connectivity index is 0.00000520. The number of carbonyl (C=O) groups is 3. The molecule has 0 unspecified atom stereocenters. The standard InChI is InChI=1S/C39H38ClNO6.H3N/c1-2-21-46-35-18-16-26-9-3-5-14-32(26)37(35)38-33-15-6-4-10-27(33)17-19-36(38)47-25-31(43)23-29(12-8-20-40)39(45)41-30-13-7-11-28(22-30)34(44)24-42;/h3-7,9-11,13-19,22,29,42H,2,8,12,20-21,23-25H2,1H3,(H,41,45);1H3/t29-;/m0./s1. The van der Waals surface area contributed by atoms with Crippen LogP contribution in [0.15, 0.2) is 97.1 Å². The number of hydrogen-bond acceptors (Lipinski definition) is 7. The van der Waals surface area contributed by atoms with Crippen molar-refractivity contribution in [2.24, 2.45) is 5.92 Å². The Morgan fingerprint density at radius 1 is 0.812 bits per heavy atom. The Bertz CT molecular complexity index is 1890. The molecule has 8 nitrogen and oxygen atoms in total. The topological polar surface area (TPSA) is 137 Å². The zero-order valence-corrected chi connectivity index (χ0v) is 27.8. The summed E-state index contributed by atoms with van der Waals surface area (Å²) in [4.78, 5) is 38.7. The Morgan fingerprint density at radius 3 is 2.04 bits per heavy atom. The molecule has 0 saturated carbocycles. The van der Waals surface area contributed by atoms with Crippen LogP contribution >= 0.6 is 11.6 Å². The number of benzene rings is 5. The number of ketones is 2. The molecule has 0 aromatic heterocycles. The number of alkyl halides is 1. The molecule has 0 saturated heterocycles. The largest absolute Gasteiger partial charge is 0.493 e. The van der Waals surface area contributed by atoms with Crippen molar-refractivity contribution in [3.05, 3.63) is 103 Å². The van der Waals surface area contributed by atoms with E-state index in [1.807, 2.05) is 60.7 Å². The molecule has 9 heteroatoms. The zero-order valence-electron chi connectivity index (χ0n) is 27.0. The SMILES string of the molecule is CCCOc1ccc2ccccc2c1-c1c(OCC(=O)C[C@H](CCCCl)C(=O)Nc2cccc(C(=O)CO)c2)ccc2ccccc12.N. The summed E-state index contributed by atoms with van der Waals surface area (Å²) in [5.74, 6) is -0.0519. The summed E-state index contributed by atoms with van der Waals surface area (Å²) in [6.45, 7) is 1.76. The van der Waals surface area contributed by atoms with Gasteiger partial charge in [-0.3, -0.25) is 14.4 Å². The number of halogens is 1. The van der Waals surface area contributed by atoms with E-state index in [1.165, 1.54) is 6.07 Å². The Morgan fingerprint density at radius 2 is 1.44 bits per heavy atom. The van der Waals surface area contributed by atoms with Crippen LogP contribution in [0.3, 0.4) is 0 Å². The maximum atomic E-state index is 13.4. The van der Waals surface area contributed by atoms with E-state index in [1.54, 1.807) is 18.2 Å². The van der Waals surface area contributed by atoms with Crippen molar-refractivity contribution in [1.82, 2.24) is 6.15 Å². The summed E-state index contributed by atoms with van der Waals surface area (Å²) in [6, 6.07) is 30.4. The predicted octanol–water partition coefficient (Wildman–Crippen LogP) is 8.40. The molecule has 0 radical (unpaired) electrons. The number of rotatable bonds is 16. The van der Waals surface area contributed by atoms with E-state index in [9.17, 15) is 19.5 Å². The van der Waals surface area contributed by atoms with Crippen LogP contribution in [0.2, 0.25) is 0 Å². The molecule has 5 N–H and O–H groups in total. The lowest BCUT2D eigenvalue weighted by Crippen LogP contribution is -2.27. The molecule has 5 aromatic rings. The average molecular weight is 669 g/mol. The van der Waals surface area contributed by atoms with E-state index in [2.05, 4.69) is 24.4 Å². The third-order valence-electron chi connectivity index (χ3n) is 8.01. The second-order valence-electron chi connectivity index (χ2n) is 11.4. The van der Waals surface area contributed by atoms with Crippen LogP contribution in [-0.4, -0.2) is 48.3 Å². The fourth-order valence-corrected chi connectivity index (χ4v) is 5.87. The van der Waals surface area contributed by atoms with Crippen molar-refractivity contribution >= 4 is 56.3 Å². The summed E-state index contributed by atoms with van der Waals surface area (Å²) >= 11 is 5.96. The van der Waals surface area contributed by atoms with Crippen molar-refractivity contribution in [1.29, 1.82) is 0 Å². The Labute approximate surface area is 285 Å². The van der Waals surface area contributed by atoms with Gasteiger partial charge in [0, 0.05) is 40.6 Å². The Hall–Kier alpha value is -4.76. The molecule has 0 heterocycles. The second kappa shape index (κ2) is 17.4. The first-order valence-corrected chi connectivity index (χ1v) is 16.4. The van der Waals surface area contributed by atoms with Gasteiger partial charge in [0.1, 0.15) is 24.7 Å². The van der Waals surface area contributed by atoms with E-state index in [0.717, 1.165) is 44.8 Å². The first-order valence-electron chi connectivity index (χ1n) is 15.9. The first-order chi connectivity index (χ1) is 22.9. The molecule has 1 atom stereocenters. The van der Waals surface area contributed by atoms with Gasteiger partial charge in [0.15, 0.2) is 11.6 Å². The molecule has 0 aliphatic heterocycles. The first kappa shape index (κ1) is 36.1. The van der Waals surface area contributed by atoms with Gasteiger partial charge in [-0.1, -0.05) is 79.7 Å². The third-order valence-corrected chi connectivity index (χ3v) is 8.28. The maximum absolute atomic E-state index is 13.4. The van der Waals surface area contributed by atoms with Crippen molar-refractivity contribution in [3.8, 4) is 22.6 Å². The highest BCUT2D eigenvalue weighted by Crippen LogP contribution is 2.45. The zero-order chi connectivity index (χ0) is 33.2. The molecule has 48 heavy (non-hydrogen) atoms. The van der Waals surface area contributed by atoms with E-state index in [-0.39, 0.29) is 36.4 Å².